The number of aryl methyl sites for hydroxylation is 2. The van der Waals surface area contributed by atoms with Crippen molar-refractivity contribution >= 4 is 5.78 Å². The van der Waals surface area contributed by atoms with Gasteiger partial charge < -0.3 is 0 Å². The van der Waals surface area contributed by atoms with Crippen molar-refractivity contribution in [1.82, 2.24) is 0 Å². The van der Waals surface area contributed by atoms with Gasteiger partial charge in [-0.1, -0.05) is 50.2 Å². The van der Waals surface area contributed by atoms with Crippen LogP contribution in [0.25, 0.3) is 0 Å². The molecule has 2 aromatic carbocycles. The molecule has 0 N–H and O–H groups in total. The first-order valence-electron chi connectivity index (χ1n) is 8.00. The van der Waals surface area contributed by atoms with Crippen LogP contribution in [0, 0.1) is 27.7 Å². The normalized spacial score (nSPS) is 13.7. The molecule has 22 heavy (non-hydrogen) atoms. The molecule has 0 saturated heterocycles. The van der Waals surface area contributed by atoms with Crippen molar-refractivity contribution in [1.29, 1.82) is 0 Å². The summed E-state index contributed by atoms with van der Waals surface area (Å²) in [6.45, 7) is 12.5. The van der Waals surface area contributed by atoms with Crippen LogP contribution in [0.4, 0.5) is 0 Å². The molecule has 0 aliphatic rings. The van der Waals surface area contributed by atoms with Gasteiger partial charge in [-0.25, -0.2) is 0 Å². The molecule has 1 heteroatoms. The van der Waals surface area contributed by atoms with E-state index in [0.29, 0.717) is 5.78 Å². The predicted molar refractivity (Wildman–Crippen MR) is 93.7 cm³/mol. The number of benzene rings is 2. The Morgan fingerprint density at radius 3 is 1.45 bits per heavy atom. The molecule has 2 rings (SSSR count). The Kier molecular flexibility index (Phi) is 4.85. The molecule has 0 spiro atoms. The average Bonchev–Trinajstić information content (AvgIpc) is 2.50. The summed E-state index contributed by atoms with van der Waals surface area (Å²) in [5, 5.41) is 0. The number of carbonyl (C=O) groups excluding carboxylic acids is 1. The van der Waals surface area contributed by atoms with Crippen molar-refractivity contribution < 1.29 is 4.79 Å². The quantitative estimate of drug-likeness (QED) is 0.738. The minimum absolute atomic E-state index is 0.0742. The van der Waals surface area contributed by atoms with E-state index in [1.807, 2.05) is 26.0 Å². The molecule has 116 valence electrons. The molecule has 2 atom stereocenters. The van der Waals surface area contributed by atoms with Crippen LogP contribution in [-0.4, -0.2) is 5.78 Å². The van der Waals surface area contributed by atoms with Gasteiger partial charge in [0.05, 0.1) is 0 Å². The van der Waals surface area contributed by atoms with Crippen LogP contribution >= 0.6 is 0 Å². The van der Waals surface area contributed by atoms with Crippen LogP contribution < -0.4 is 0 Å². The fourth-order valence-electron chi connectivity index (χ4n) is 3.17. The number of rotatable bonds is 4. The third kappa shape index (κ3) is 2.99. The van der Waals surface area contributed by atoms with Crippen LogP contribution in [0.5, 0.6) is 0 Å². The van der Waals surface area contributed by atoms with Gasteiger partial charge in [-0.15, -0.1) is 0 Å². The lowest BCUT2D eigenvalue weighted by Crippen LogP contribution is -2.18. The van der Waals surface area contributed by atoms with Crippen LogP contribution in [0.1, 0.15) is 59.1 Å². The van der Waals surface area contributed by atoms with Crippen LogP contribution in [-0.2, 0) is 4.79 Å². The Bertz CT molecular complexity index is 638. The number of carbonyl (C=O) groups is 1. The highest BCUT2D eigenvalue weighted by Gasteiger charge is 2.25. The largest absolute Gasteiger partial charge is 0.298 e. The van der Waals surface area contributed by atoms with Gasteiger partial charge in [0.1, 0.15) is 5.78 Å². The molecule has 0 aromatic heterocycles. The second-order valence-electron chi connectivity index (χ2n) is 6.42. The second-order valence-corrected chi connectivity index (χ2v) is 6.42. The molecule has 0 heterocycles. The Labute approximate surface area is 134 Å². The van der Waals surface area contributed by atoms with E-state index in [9.17, 15) is 4.79 Å². The van der Waals surface area contributed by atoms with Crippen LogP contribution in [0.3, 0.4) is 0 Å². The molecular weight excluding hydrogens is 268 g/mol. The fourth-order valence-corrected chi connectivity index (χ4v) is 3.17. The highest BCUT2D eigenvalue weighted by molar-refractivity contribution is 5.91. The number of ketones is 1. The molecule has 0 aliphatic heterocycles. The summed E-state index contributed by atoms with van der Waals surface area (Å²) in [6, 6.07) is 12.5. The molecule has 0 amide bonds. The minimum atomic E-state index is -0.0742. The maximum Gasteiger partial charge on any atom is 0.147 e. The summed E-state index contributed by atoms with van der Waals surface area (Å²) < 4.78 is 0. The molecule has 0 saturated carbocycles. The van der Waals surface area contributed by atoms with Gasteiger partial charge in [-0.2, -0.15) is 0 Å². The summed E-state index contributed by atoms with van der Waals surface area (Å²) in [4.78, 5) is 13.0. The van der Waals surface area contributed by atoms with E-state index in [2.05, 4.69) is 52.0 Å². The Morgan fingerprint density at radius 1 is 0.727 bits per heavy atom. The highest BCUT2D eigenvalue weighted by atomic mass is 16.1. The van der Waals surface area contributed by atoms with Crippen LogP contribution in [0.2, 0.25) is 0 Å². The first-order chi connectivity index (χ1) is 10.3. The van der Waals surface area contributed by atoms with Gasteiger partial charge >= 0.3 is 0 Å². The van der Waals surface area contributed by atoms with Crippen molar-refractivity contribution in [3.05, 3.63) is 69.8 Å². The van der Waals surface area contributed by atoms with Gasteiger partial charge in [-0.3, -0.25) is 4.79 Å². The number of hydrogen-bond acceptors (Lipinski definition) is 1. The minimum Gasteiger partial charge on any atom is -0.298 e. The third-order valence-electron chi connectivity index (χ3n) is 5.08. The van der Waals surface area contributed by atoms with Gasteiger partial charge in [0.15, 0.2) is 0 Å². The van der Waals surface area contributed by atoms with Crippen molar-refractivity contribution in [3.63, 3.8) is 0 Å². The Hall–Kier alpha value is -1.89. The average molecular weight is 294 g/mol. The summed E-state index contributed by atoms with van der Waals surface area (Å²) in [6.07, 6.45) is 0. The molecule has 0 aliphatic carbocycles. The molecule has 0 radical (unpaired) electrons. The number of hydrogen-bond donors (Lipinski definition) is 0. The van der Waals surface area contributed by atoms with Crippen molar-refractivity contribution in [3.8, 4) is 0 Å². The van der Waals surface area contributed by atoms with E-state index in [-0.39, 0.29) is 11.8 Å². The Morgan fingerprint density at radius 2 is 1.09 bits per heavy atom. The Balaban J connectivity index is 2.34. The summed E-state index contributed by atoms with van der Waals surface area (Å²) >= 11 is 0. The van der Waals surface area contributed by atoms with Crippen LogP contribution in [0.15, 0.2) is 36.4 Å². The zero-order chi connectivity index (χ0) is 16.4. The van der Waals surface area contributed by atoms with Gasteiger partial charge in [0.25, 0.3) is 0 Å². The first kappa shape index (κ1) is 16.5. The van der Waals surface area contributed by atoms with E-state index < -0.39 is 0 Å². The lowest BCUT2D eigenvalue weighted by Gasteiger charge is -2.21. The van der Waals surface area contributed by atoms with Gasteiger partial charge in [0.2, 0.25) is 0 Å². The summed E-state index contributed by atoms with van der Waals surface area (Å²) in [5.74, 6) is 0.145. The lowest BCUT2D eigenvalue weighted by atomic mass is 9.82. The van der Waals surface area contributed by atoms with E-state index >= 15 is 0 Å². The topological polar surface area (TPSA) is 17.1 Å². The maximum atomic E-state index is 13.0. The van der Waals surface area contributed by atoms with E-state index in [0.717, 1.165) is 11.1 Å². The standard InChI is InChI=1S/C21H26O/c1-13-9-7-11-19(15(13)3)17(5)21(22)18(6)20-12-8-10-14(2)16(20)4/h7-12,17-18H,1-6H3. The van der Waals surface area contributed by atoms with E-state index in [1.54, 1.807) is 0 Å². The van der Waals surface area contributed by atoms with E-state index in [1.165, 1.54) is 22.3 Å². The fraction of sp³-hybridized carbons (Fsp3) is 0.381. The van der Waals surface area contributed by atoms with Gasteiger partial charge in [-0.05, 0) is 61.1 Å². The molecule has 1 nitrogen and oxygen atoms in total. The summed E-state index contributed by atoms with van der Waals surface area (Å²) in [5.41, 5.74) is 7.27. The van der Waals surface area contributed by atoms with Crippen molar-refractivity contribution in [2.24, 2.45) is 0 Å². The third-order valence-corrected chi connectivity index (χ3v) is 5.08. The molecular formula is C21H26O. The SMILES string of the molecule is Cc1cccc(C(C)C(=O)C(C)c2cccc(C)c2C)c1C. The molecule has 0 fully saturated rings. The second kappa shape index (κ2) is 6.48. The molecule has 2 aromatic rings. The van der Waals surface area contributed by atoms with Crippen molar-refractivity contribution in [2.75, 3.05) is 0 Å². The predicted octanol–water partition coefficient (Wildman–Crippen LogP) is 5.40. The zero-order valence-corrected chi connectivity index (χ0v) is 14.5. The smallest absolute Gasteiger partial charge is 0.147 e. The highest BCUT2D eigenvalue weighted by Crippen LogP contribution is 2.30. The zero-order valence-electron chi connectivity index (χ0n) is 14.5. The van der Waals surface area contributed by atoms with Crippen molar-refractivity contribution in [2.45, 2.75) is 53.4 Å². The summed E-state index contributed by atoms with van der Waals surface area (Å²) in [7, 11) is 0. The lowest BCUT2D eigenvalue weighted by molar-refractivity contribution is -0.121. The monoisotopic (exact) mass is 294 g/mol. The van der Waals surface area contributed by atoms with E-state index in [4.69, 9.17) is 0 Å². The molecule has 2 unspecified atom stereocenters. The first-order valence-corrected chi connectivity index (χ1v) is 8.00. The maximum absolute atomic E-state index is 13.0. The number of Topliss-reactive ketones (excluding diaryl/α,β-unsaturated/α-hetero) is 1. The molecule has 0 bridgehead atoms. The van der Waals surface area contributed by atoms with Gasteiger partial charge in [0, 0.05) is 11.8 Å².